The first-order valence-electron chi connectivity index (χ1n) is 7.39. The maximum absolute atomic E-state index is 3.41. The monoisotopic (exact) mass is 281 g/mol. The Bertz CT molecular complexity index is 701. The molecule has 0 nitrogen and oxygen atoms in total. The summed E-state index contributed by atoms with van der Waals surface area (Å²) >= 11 is 0. The van der Waals surface area contributed by atoms with Crippen LogP contribution >= 0.6 is 0 Å². The lowest BCUT2D eigenvalue weighted by atomic mass is 10.1. The van der Waals surface area contributed by atoms with Gasteiger partial charge < -0.3 is 0 Å². The smallest absolute Gasteiger partial charge is 0.00268 e. The van der Waals surface area contributed by atoms with Gasteiger partial charge in [0.2, 0.25) is 0 Å². The molecule has 3 rings (SSSR count). The van der Waals surface area contributed by atoms with Gasteiger partial charge in [-0.2, -0.15) is 0 Å². The zero-order valence-corrected chi connectivity index (χ0v) is 12.3. The molecule has 0 fully saturated rings. The highest BCUT2D eigenvalue weighted by Gasteiger charge is 1.92. The molecule has 22 heavy (non-hydrogen) atoms. The molecule has 0 bridgehead atoms. The zero-order valence-electron chi connectivity index (χ0n) is 12.3. The molecule has 0 saturated carbocycles. The summed E-state index contributed by atoms with van der Waals surface area (Å²) in [6, 6.07) is 30.2. The Labute approximate surface area is 132 Å². The predicted octanol–water partition coefficient (Wildman–Crippen LogP) is 5.83. The van der Waals surface area contributed by atoms with E-state index in [-0.39, 0.29) is 0 Å². The lowest BCUT2D eigenvalue weighted by Gasteiger charge is -1.97. The molecule has 0 heterocycles. The third kappa shape index (κ3) is 4.07. The Hall–Kier alpha value is -2.86. The van der Waals surface area contributed by atoms with Crippen molar-refractivity contribution >= 4 is 24.3 Å². The van der Waals surface area contributed by atoms with Crippen LogP contribution in [0.15, 0.2) is 78.9 Å². The number of rotatable bonds is 4. The molecular weight excluding hydrogens is 264 g/mol. The van der Waals surface area contributed by atoms with Crippen LogP contribution in [-0.2, 0) is 0 Å². The highest BCUT2D eigenvalue weighted by Crippen LogP contribution is 2.12. The van der Waals surface area contributed by atoms with E-state index in [1.165, 1.54) is 11.1 Å². The van der Waals surface area contributed by atoms with E-state index in [1.54, 1.807) is 0 Å². The van der Waals surface area contributed by atoms with Crippen LogP contribution in [0, 0.1) is 6.07 Å². The third-order valence-electron chi connectivity index (χ3n) is 3.35. The van der Waals surface area contributed by atoms with Crippen LogP contribution in [0.3, 0.4) is 0 Å². The lowest BCUT2D eigenvalue weighted by Crippen LogP contribution is -1.77. The lowest BCUT2D eigenvalue weighted by molar-refractivity contribution is 1.60. The molecule has 0 heteroatoms. The van der Waals surface area contributed by atoms with Crippen molar-refractivity contribution in [3.05, 3.63) is 107 Å². The van der Waals surface area contributed by atoms with Crippen LogP contribution in [0.2, 0.25) is 0 Å². The molecule has 3 aromatic rings. The molecule has 0 N–H and O–H groups in total. The van der Waals surface area contributed by atoms with Crippen LogP contribution in [0.4, 0.5) is 0 Å². The van der Waals surface area contributed by atoms with Crippen LogP contribution in [0.25, 0.3) is 24.3 Å². The number of benzene rings is 3. The summed E-state index contributed by atoms with van der Waals surface area (Å²) in [5, 5.41) is 0. The largest absolute Gasteiger partial charge is 0.0622 e. The highest BCUT2D eigenvalue weighted by molar-refractivity contribution is 5.73. The molecule has 0 atom stereocenters. The minimum absolute atomic E-state index is 1.08. The standard InChI is InChI=1S/C22H17/c1-3-8-19(9-4-1)14-16-21-12-7-13-22(18-21)17-15-20-10-5-2-6-11-20/h1-17H/b16-14+,17-15+. The van der Waals surface area contributed by atoms with Crippen molar-refractivity contribution in [3.63, 3.8) is 0 Å². The second-order valence-corrected chi connectivity index (χ2v) is 5.05. The van der Waals surface area contributed by atoms with E-state index < -0.39 is 0 Å². The minimum Gasteiger partial charge on any atom is -0.0622 e. The molecule has 0 aliphatic rings. The minimum atomic E-state index is 1.08. The summed E-state index contributed by atoms with van der Waals surface area (Å²) in [5.74, 6) is 0. The van der Waals surface area contributed by atoms with Gasteiger partial charge in [-0.3, -0.25) is 0 Å². The van der Waals surface area contributed by atoms with Crippen LogP contribution in [-0.4, -0.2) is 0 Å². The van der Waals surface area contributed by atoms with E-state index in [9.17, 15) is 0 Å². The average molecular weight is 281 g/mol. The van der Waals surface area contributed by atoms with Gasteiger partial charge >= 0.3 is 0 Å². The Kier molecular flexibility index (Phi) is 4.63. The van der Waals surface area contributed by atoms with Gasteiger partial charge in [0.25, 0.3) is 0 Å². The molecule has 0 aromatic heterocycles. The fraction of sp³-hybridized carbons (Fsp3) is 0. The van der Waals surface area contributed by atoms with Crippen molar-refractivity contribution in [1.29, 1.82) is 0 Å². The number of hydrogen-bond acceptors (Lipinski definition) is 0. The first-order valence-corrected chi connectivity index (χ1v) is 7.39. The Morgan fingerprint density at radius 3 is 1.36 bits per heavy atom. The molecule has 105 valence electrons. The van der Waals surface area contributed by atoms with Crippen molar-refractivity contribution < 1.29 is 0 Å². The van der Waals surface area contributed by atoms with Crippen LogP contribution < -0.4 is 0 Å². The first kappa shape index (κ1) is 14.1. The molecule has 0 aliphatic carbocycles. The summed E-state index contributed by atoms with van der Waals surface area (Å²) in [6.45, 7) is 0. The second-order valence-electron chi connectivity index (χ2n) is 5.05. The summed E-state index contributed by atoms with van der Waals surface area (Å²) in [4.78, 5) is 0. The molecule has 0 unspecified atom stereocenters. The van der Waals surface area contributed by atoms with Crippen LogP contribution in [0.5, 0.6) is 0 Å². The van der Waals surface area contributed by atoms with Gasteiger partial charge in [-0.15, -0.1) is 0 Å². The van der Waals surface area contributed by atoms with E-state index in [4.69, 9.17) is 0 Å². The first-order chi connectivity index (χ1) is 10.9. The Balaban J connectivity index is 1.75. The third-order valence-corrected chi connectivity index (χ3v) is 3.35. The fourth-order valence-corrected chi connectivity index (χ4v) is 2.20. The molecule has 3 aromatic carbocycles. The maximum atomic E-state index is 3.41. The SMILES string of the molecule is [c]1c(/C=C/c2ccccc2)cccc1/C=C/c1ccccc1. The normalized spacial score (nSPS) is 11.3. The topological polar surface area (TPSA) is 0 Å². The summed E-state index contributed by atoms with van der Waals surface area (Å²) in [6.07, 6.45) is 8.40. The summed E-state index contributed by atoms with van der Waals surface area (Å²) in [5.41, 5.74) is 4.56. The molecule has 0 spiro atoms. The van der Waals surface area contributed by atoms with Gasteiger partial charge in [-0.25, -0.2) is 0 Å². The van der Waals surface area contributed by atoms with Gasteiger partial charge in [0, 0.05) is 0 Å². The van der Waals surface area contributed by atoms with Gasteiger partial charge in [0.15, 0.2) is 0 Å². The summed E-state index contributed by atoms with van der Waals surface area (Å²) < 4.78 is 0. The number of hydrogen-bond donors (Lipinski definition) is 0. The maximum Gasteiger partial charge on any atom is -0.00268 e. The molecular formula is C22H17. The van der Waals surface area contributed by atoms with Crippen LogP contribution in [0.1, 0.15) is 22.3 Å². The molecule has 0 amide bonds. The van der Waals surface area contributed by atoms with Crippen molar-refractivity contribution in [2.45, 2.75) is 0 Å². The molecule has 0 aliphatic heterocycles. The van der Waals surface area contributed by atoms with Crippen molar-refractivity contribution in [3.8, 4) is 0 Å². The van der Waals surface area contributed by atoms with Gasteiger partial charge in [0.1, 0.15) is 0 Å². The second kappa shape index (κ2) is 7.24. The Morgan fingerprint density at radius 1 is 0.455 bits per heavy atom. The zero-order chi connectivity index (χ0) is 15.0. The van der Waals surface area contributed by atoms with Crippen molar-refractivity contribution in [2.75, 3.05) is 0 Å². The van der Waals surface area contributed by atoms with E-state index in [2.05, 4.69) is 72.8 Å². The van der Waals surface area contributed by atoms with E-state index in [0.717, 1.165) is 11.1 Å². The predicted molar refractivity (Wildman–Crippen MR) is 96.0 cm³/mol. The van der Waals surface area contributed by atoms with Gasteiger partial charge in [0.05, 0.1) is 0 Å². The van der Waals surface area contributed by atoms with Gasteiger partial charge in [-0.05, 0) is 28.3 Å². The Morgan fingerprint density at radius 2 is 0.909 bits per heavy atom. The summed E-state index contributed by atoms with van der Waals surface area (Å²) in [7, 11) is 0. The van der Waals surface area contributed by atoms with E-state index in [0.29, 0.717) is 0 Å². The highest BCUT2D eigenvalue weighted by atomic mass is 14.0. The quantitative estimate of drug-likeness (QED) is 0.528. The fourth-order valence-electron chi connectivity index (χ4n) is 2.20. The molecule has 0 saturated heterocycles. The van der Waals surface area contributed by atoms with Gasteiger partial charge in [-0.1, -0.05) is 103 Å². The van der Waals surface area contributed by atoms with Crippen molar-refractivity contribution in [1.82, 2.24) is 0 Å². The average Bonchev–Trinajstić information content (AvgIpc) is 2.60. The molecule has 1 radical (unpaired) electrons. The van der Waals surface area contributed by atoms with Crippen molar-refractivity contribution in [2.24, 2.45) is 0 Å². The van der Waals surface area contributed by atoms with E-state index >= 15 is 0 Å². The van der Waals surface area contributed by atoms with E-state index in [1.807, 2.05) is 36.4 Å².